The summed E-state index contributed by atoms with van der Waals surface area (Å²) in [5, 5.41) is 0. The molecule has 0 aromatic rings. The largest absolute Gasteiger partial charge is 0.343 e. The summed E-state index contributed by atoms with van der Waals surface area (Å²) in [5.74, 6) is 0.653. The number of amides is 1. The van der Waals surface area contributed by atoms with Gasteiger partial charge in [-0.3, -0.25) is 4.79 Å². The standard InChI is InChI=1S/C12H24N2O.ClH/c1-9(2)14(3)12(15)8-10-6-4-5-7-11(10)13;/h9-11H,4-8,13H2,1-3H3;1H. The number of carbonyl (C=O) groups is 1. The SMILES string of the molecule is CC(C)N(C)C(=O)CC1CCCCC1N.Cl. The third kappa shape index (κ3) is 4.30. The van der Waals surface area contributed by atoms with Crippen molar-refractivity contribution in [3.05, 3.63) is 0 Å². The van der Waals surface area contributed by atoms with Crippen molar-refractivity contribution in [1.82, 2.24) is 4.90 Å². The molecule has 2 atom stereocenters. The van der Waals surface area contributed by atoms with Crippen molar-refractivity contribution < 1.29 is 4.79 Å². The van der Waals surface area contributed by atoms with Crippen molar-refractivity contribution >= 4 is 18.3 Å². The Hall–Kier alpha value is -0.280. The Morgan fingerprint density at radius 2 is 1.94 bits per heavy atom. The van der Waals surface area contributed by atoms with Crippen LogP contribution in [0.25, 0.3) is 0 Å². The molecule has 1 aliphatic carbocycles. The van der Waals surface area contributed by atoms with Crippen molar-refractivity contribution in [2.24, 2.45) is 11.7 Å². The number of halogens is 1. The first-order valence-corrected chi connectivity index (χ1v) is 6.03. The van der Waals surface area contributed by atoms with E-state index in [1.54, 1.807) is 0 Å². The first-order chi connectivity index (χ1) is 7.02. The van der Waals surface area contributed by atoms with E-state index >= 15 is 0 Å². The van der Waals surface area contributed by atoms with Crippen LogP contribution in [0.1, 0.15) is 46.0 Å². The second-order valence-electron chi connectivity index (χ2n) is 5.01. The molecule has 1 rings (SSSR count). The van der Waals surface area contributed by atoms with Gasteiger partial charge in [0.25, 0.3) is 0 Å². The molecule has 2 unspecified atom stereocenters. The molecule has 96 valence electrons. The normalized spacial score (nSPS) is 25.1. The molecule has 2 N–H and O–H groups in total. The molecule has 4 heteroatoms. The first kappa shape index (κ1) is 15.7. The van der Waals surface area contributed by atoms with Crippen molar-refractivity contribution in [1.29, 1.82) is 0 Å². The second-order valence-corrected chi connectivity index (χ2v) is 5.01. The van der Waals surface area contributed by atoms with Gasteiger partial charge in [-0.15, -0.1) is 12.4 Å². The van der Waals surface area contributed by atoms with Crippen LogP contribution in [0.15, 0.2) is 0 Å². The Bertz CT molecular complexity index is 221. The minimum absolute atomic E-state index is 0. The molecule has 0 bridgehead atoms. The van der Waals surface area contributed by atoms with Gasteiger partial charge in [0.1, 0.15) is 0 Å². The van der Waals surface area contributed by atoms with E-state index < -0.39 is 0 Å². The lowest BCUT2D eigenvalue weighted by atomic mass is 9.82. The summed E-state index contributed by atoms with van der Waals surface area (Å²) in [7, 11) is 1.88. The van der Waals surface area contributed by atoms with Crippen LogP contribution in [0.5, 0.6) is 0 Å². The zero-order chi connectivity index (χ0) is 11.4. The minimum Gasteiger partial charge on any atom is -0.343 e. The molecular formula is C12H25ClN2O. The number of nitrogens with zero attached hydrogens (tertiary/aromatic N) is 1. The molecule has 16 heavy (non-hydrogen) atoms. The molecule has 0 aliphatic heterocycles. The summed E-state index contributed by atoms with van der Waals surface area (Å²) < 4.78 is 0. The summed E-state index contributed by atoms with van der Waals surface area (Å²) in [5.41, 5.74) is 6.03. The van der Waals surface area contributed by atoms with Gasteiger partial charge in [0.05, 0.1) is 0 Å². The van der Waals surface area contributed by atoms with Gasteiger partial charge in [-0.25, -0.2) is 0 Å². The molecular weight excluding hydrogens is 224 g/mol. The molecule has 0 heterocycles. The number of nitrogens with two attached hydrogens (primary N) is 1. The maximum Gasteiger partial charge on any atom is 0.222 e. The predicted octanol–water partition coefficient (Wildman–Crippen LogP) is 2.18. The van der Waals surface area contributed by atoms with Crippen molar-refractivity contribution in [2.75, 3.05) is 7.05 Å². The maximum absolute atomic E-state index is 11.9. The van der Waals surface area contributed by atoms with Crippen molar-refractivity contribution in [3.63, 3.8) is 0 Å². The lowest BCUT2D eigenvalue weighted by Crippen LogP contribution is -2.39. The lowest BCUT2D eigenvalue weighted by molar-refractivity contribution is -0.132. The van der Waals surface area contributed by atoms with Crippen molar-refractivity contribution in [3.8, 4) is 0 Å². The van der Waals surface area contributed by atoms with Crippen LogP contribution in [-0.2, 0) is 4.79 Å². The van der Waals surface area contributed by atoms with Crippen LogP contribution in [0.3, 0.4) is 0 Å². The molecule has 1 amide bonds. The summed E-state index contributed by atoms with van der Waals surface area (Å²) in [6.45, 7) is 4.08. The molecule has 1 aliphatic rings. The van der Waals surface area contributed by atoms with E-state index in [4.69, 9.17) is 5.73 Å². The third-order valence-electron chi connectivity index (χ3n) is 3.57. The summed E-state index contributed by atoms with van der Waals surface area (Å²) in [6, 6.07) is 0.528. The molecule has 0 radical (unpaired) electrons. The fourth-order valence-electron chi connectivity index (χ4n) is 2.15. The van der Waals surface area contributed by atoms with E-state index in [1.807, 2.05) is 25.8 Å². The average Bonchev–Trinajstić information content (AvgIpc) is 2.20. The predicted molar refractivity (Wildman–Crippen MR) is 69.7 cm³/mol. The fraction of sp³-hybridized carbons (Fsp3) is 0.917. The number of carbonyl (C=O) groups excluding carboxylic acids is 1. The van der Waals surface area contributed by atoms with Crippen LogP contribution in [-0.4, -0.2) is 29.9 Å². The first-order valence-electron chi connectivity index (χ1n) is 6.03. The Morgan fingerprint density at radius 3 is 2.44 bits per heavy atom. The highest BCUT2D eigenvalue weighted by Crippen LogP contribution is 2.26. The van der Waals surface area contributed by atoms with E-state index in [1.165, 1.54) is 12.8 Å². The average molecular weight is 249 g/mol. The van der Waals surface area contributed by atoms with Gasteiger partial charge >= 0.3 is 0 Å². The van der Waals surface area contributed by atoms with E-state index in [0.29, 0.717) is 12.3 Å². The second kappa shape index (κ2) is 7.13. The van der Waals surface area contributed by atoms with Gasteiger partial charge in [-0.05, 0) is 32.6 Å². The van der Waals surface area contributed by atoms with E-state index in [-0.39, 0.29) is 30.4 Å². The van der Waals surface area contributed by atoms with Gasteiger partial charge in [0.2, 0.25) is 5.91 Å². The molecule has 0 aromatic heterocycles. The van der Waals surface area contributed by atoms with E-state index in [2.05, 4.69) is 0 Å². The zero-order valence-corrected chi connectivity index (χ0v) is 11.4. The van der Waals surface area contributed by atoms with E-state index in [0.717, 1.165) is 12.8 Å². The number of hydrogen-bond acceptors (Lipinski definition) is 2. The highest BCUT2D eigenvalue weighted by Gasteiger charge is 2.25. The zero-order valence-electron chi connectivity index (χ0n) is 10.6. The molecule has 1 fully saturated rings. The van der Waals surface area contributed by atoms with Gasteiger partial charge in [-0.2, -0.15) is 0 Å². The third-order valence-corrected chi connectivity index (χ3v) is 3.57. The highest BCUT2D eigenvalue weighted by atomic mass is 35.5. The van der Waals surface area contributed by atoms with Crippen LogP contribution in [0.4, 0.5) is 0 Å². The van der Waals surface area contributed by atoms with Crippen LogP contribution in [0, 0.1) is 5.92 Å². The van der Waals surface area contributed by atoms with Gasteiger partial charge in [-0.1, -0.05) is 12.8 Å². The molecule has 0 aromatic carbocycles. The number of hydrogen-bond donors (Lipinski definition) is 1. The summed E-state index contributed by atoms with van der Waals surface area (Å²) in [4.78, 5) is 13.7. The van der Waals surface area contributed by atoms with Gasteiger partial charge < -0.3 is 10.6 Å². The lowest BCUT2D eigenvalue weighted by Gasteiger charge is -2.30. The molecule has 1 saturated carbocycles. The molecule has 0 saturated heterocycles. The Kier molecular flexibility index (Phi) is 7.00. The van der Waals surface area contributed by atoms with E-state index in [9.17, 15) is 4.79 Å². The summed E-state index contributed by atoms with van der Waals surface area (Å²) in [6.07, 6.45) is 5.31. The monoisotopic (exact) mass is 248 g/mol. The quantitative estimate of drug-likeness (QED) is 0.832. The smallest absolute Gasteiger partial charge is 0.222 e. The van der Waals surface area contributed by atoms with Crippen molar-refractivity contribution in [2.45, 2.75) is 58.0 Å². The molecule has 0 spiro atoms. The minimum atomic E-state index is 0. The van der Waals surface area contributed by atoms with Crippen LogP contribution < -0.4 is 5.73 Å². The Labute approximate surface area is 105 Å². The van der Waals surface area contributed by atoms with Gasteiger partial charge in [0.15, 0.2) is 0 Å². The van der Waals surface area contributed by atoms with Gasteiger partial charge in [0, 0.05) is 25.6 Å². The maximum atomic E-state index is 11.9. The fourth-order valence-corrected chi connectivity index (χ4v) is 2.15. The Balaban J connectivity index is 0.00000225. The summed E-state index contributed by atoms with van der Waals surface area (Å²) >= 11 is 0. The molecule has 3 nitrogen and oxygen atoms in total. The van der Waals surface area contributed by atoms with Crippen LogP contribution >= 0.6 is 12.4 Å². The Morgan fingerprint density at radius 1 is 1.38 bits per heavy atom. The number of rotatable bonds is 3. The van der Waals surface area contributed by atoms with Crippen LogP contribution in [0.2, 0.25) is 0 Å². The highest BCUT2D eigenvalue weighted by molar-refractivity contribution is 5.85. The topological polar surface area (TPSA) is 46.3 Å².